The highest BCUT2D eigenvalue weighted by molar-refractivity contribution is 5.86. The number of hydrogen-bond acceptors (Lipinski definition) is 3. The highest BCUT2D eigenvalue weighted by Gasteiger charge is 2.13. The normalized spacial score (nSPS) is 9.55. The summed E-state index contributed by atoms with van der Waals surface area (Å²) in [6, 6.07) is 1.20. The van der Waals surface area contributed by atoms with E-state index in [2.05, 4.69) is 4.98 Å². The van der Waals surface area contributed by atoms with Gasteiger partial charge in [0.1, 0.15) is 0 Å². The zero-order valence-corrected chi connectivity index (χ0v) is 5.41. The monoisotopic (exact) mass is 156 g/mol. The molecule has 0 aliphatic heterocycles. The molecule has 0 atom stereocenters. The third-order valence-electron chi connectivity index (χ3n) is 1.12. The number of carboxylic acids is 1. The Morgan fingerprint density at radius 2 is 2.36 bits per heavy atom. The molecule has 0 aromatic carbocycles. The van der Waals surface area contributed by atoms with E-state index < -0.39 is 17.5 Å². The molecule has 0 aliphatic rings. The highest BCUT2D eigenvalue weighted by atomic mass is 19.1. The van der Waals surface area contributed by atoms with Gasteiger partial charge >= 0.3 is 5.97 Å². The predicted octanol–water partition coefficient (Wildman–Crippen LogP) is 0.501. The third kappa shape index (κ3) is 1.26. The molecule has 0 bridgehead atoms. The Bertz CT molecular complexity index is 301. The molecule has 0 unspecified atom stereocenters. The van der Waals surface area contributed by atoms with Gasteiger partial charge in [0.2, 0.25) is 0 Å². The fraction of sp³-hybridized carbons (Fsp3) is 0. The lowest BCUT2D eigenvalue weighted by Gasteiger charge is -1.97. The molecule has 58 valence electrons. The molecule has 4 nitrogen and oxygen atoms in total. The van der Waals surface area contributed by atoms with Gasteiger partial charge in [0, 0.05) is 6.20 Å². The molecular weight excluding hydrogens is 151 g/mol. The van der Waals surface area contributed by atoms with E-state index in [1.807, 2.05) is 0 Å². The maximum atomic E-state index is 12.7. The molecule has 1 heterocycles. The van der Waals surface area contributed by atoms with Crippen molar-refractivity contribution in [3.63, 3.8) is 0 Å². The number of halogens is 1. The number of rotatable bonds is 1. The Hall–Kier alpha value is -1.65. The third-order valence-corrected chi connectivity index (χ3v) is 1.12. The standard InChI is InChI=1S/C6H5FN2O2/c7-4-3(8)1-2-9-5(4)6(10)11/h1-2H,(H2,8,9)(H,10,11). The van der Waals surface area contributed by atoms with Crippen molar-refractivity contribution in [1.29, 1.82) is 0 Å². The van der Waals surface area contributed by atoms with Crippen molar-refractivity contribution in [1.82, 2.24) is 4.98 Å². The van der Waals surface area contributed by atoms with E-state index in [1.54, 1.807) is 0 Å². The molecule has 0 aliphatic carbocycles. The Balaban J connectivity index is 3.27. The maximum absolute atomic E-state index is 12.7. The molecule has 1 rings (SSSR count). The minimum Gasteiger partial charge on any atom is -0.476 e. The predicted molar refractivity (Wildman–Crippen MR) is 35.6 cm³/mol. The van der Waals surface area contributed by atoms with Crippen molar-refractivity contribution < 1.29 is 14.3 Å². The summed E-state index contributed by atoms with van der Waals surface area (Å²) in [5.41, 5.74) is 4.22. The van der Waals surface area contributed by atoms with Gasteiger partial charge in [-0.3, -0.25) is 0 Å². The van der Waals surface area contributed by atoms with Crippen LogP contribution in [0.3, 0.4) is 0 Å². The summed E-state index contributed by atoms with van der Waals surface area (Å²) in [7, 11) is 0. The zero-order chi connectivity index (χ0) is 8.43. The average Bonchev–Trinajstić information content (AvgIpc) is 1.94. The van der Waals surface area contributed by atoms with Crippen LogP contribution in [0, 0.1) is 5.82 Å². The van der Waals surface area contributed by atoms with E-state index in [0.717, 1.165) is 6.20 Å². The molecule has 11 heavy (non-hydrogen) atoms. The van der Waals surface area contributed by atoms with Gasteiger partial charge in [-0.1, -0.05) is 0 Å². The average molecular weight is 156 g/mol. The first-order chi connectivity index (χ1) is 5.13. The molecule has 1 aromatic rings. The van der Waals surface area contributed by atoms with Crippen LogP contribution >= 0.6 is 0 Å². The smallest absolute Gasteiger partial charge is 0.357 e. The first-order valence-electron chi connectivity index (χ1n) is 2.76. The quantitative estimate of drug-likeness (QED) is 0.620. The van der Waals surface area contributed by atoms with Crippen LogP contribution in [0.1, 0.15) is 10.5 Å². The van der Waals surface area contributed by atoms with E-state index in [0.29, 0.717) is 0 Å². The van der Waals surface area contributed by atoms with Crippen molar-refractivity contribution in [2.45, 2.75) is 0 Å². The second-order valence-corrected chi connectivity index (χ2v) is 1.87. The maximum Gasteiger partial charge on any atom is 0.357 e. The number of pyridine rings is 1. The van der Waals surface area contributed by atoms with Gasteiger partial charge in [0.15, 0.2) is 11.5 Å². The molecule has 0 radical (unpaired) electrons. The summed E-state index contributed by atoms with van der Waals surface area (Å²) in [6.45, 7) is 0. The number of carbonyl (C=O) groups is 1. The van der Waals surface area contributed by atoms with Crippen LogP contribution in [0.15, 0.2) is 12.3 Å². The Morgan fingerprint density at radius 1 is 1.73 bits per heavy atom. The summed E-state index contributed by atoms with van der Waals surface area (Å²) < 4.78 is 12.7. The molecule has 0 fully saturated rings. The zero-order valence-electron chi connectivity index (χ0n) is 5.41. The van der Waals surface area contributed by atoms with Gasteiger partial charge in [-0.2, -0.15) is 0 Å². The largest absolute Gasteiger partial charge is 0.476 e. The minimum atomic E-state index is -1.42. The van der Waals surface area contributed by atoms with Crippen LogP contribution in [0.4, 0.5) is 10.1 Å². The van der Waals surface area contributed by atoms with Gasteiger partial charge in [-0.25, -0.2) is 14.2 Å². The number of nitrogens with two attached hydrogens (primary N) is 1. The molecule has 0 spiro atoms. The molecule has 3 N–H and O–H groups in total. The molecule has 0 saturated heterocycles. The summed E-state index contributed by atoms with van der Waals surface area (Å²) in [6.07, 6.45) is 1.14. The summed E-state index contributed by atoms with van der Waals surface area (Å²) in [5.74, 6) is -2.41. The van der Waals surface area contributed by atoms with E-state index in [1.165, 1.54) is 6.07 Å². The van der Waals surface area contributed by atoms with Crippen LogP contribution < -0.4 is 5.73 Å². The van der Waals surface area contributed by atoms with Gasteiger partial charge in [0.05, 0.1) is 5.69 Å². The minimum absolute atomic E-state index is 0.211. The highest BCUT2D eigenvalue weighted by Crippen LogP contribution is 2.10. The number of carboxylic acid groups (broad SMARTS) is 1. The second kappa shape index (κ2) is 2.53. The molecule has 1 aromatic heterocycles. The van der Waals surface area contributed by atoms with Gasteiger partial charge in [-0.05, 0) is 6.07 Å². The van der Waals surface area contributed by atoms with E-state index >= 15 is 0 Å². The van der Waals surface area contributed by atoms with Crippen LogP contribution in [0.5, 0.6) is 0 Å². The first-order valence-corrected chi connectivity index (χ1v) is 2.76. The fourth-order valence-corrected chi connectivity index (χ4v) is 0.608. The summed E-state index contributed by atoms with van der Waals surface area (Å²) in [4.78, 5) is 13.5. The molecule has 0 amide bonds. The van der Waals surface area contributed by atoms with E-state index in [-0.39, 0.29) is 5.69 Å². The fourth-order valence-electron chi connectivity index (χ4n) is 0.608. The Morgan fingerprint density at radius 3 is 2.82 bits per heavy atom. The number of nitrogen functional groups attached to an aromatic ring is 1. The SMILES string of the molecule is Nc1ccnc(C(=O)O)c1F. The molecular formula is C6H5FN2O2. The number of anilines is 1. The Labute approximate surface area is 61.5 Å². The number of aromatic nitrogens is 1. The van der Waals surface area contributed by atoms with Crippen LogP contribution in [0.25, 0.3) is 0 Å². The van der Waals surface area contributed by atoms with Crippen molar-refractivity contribution >= 4 is 11.7 Å². The van der Waals surface area contributed by atoms with Crippen LogP contribution in [0.2, 0.25) is 0 Å². The van der Waals surface area contributed by atoms with Gasteiger partial charge in [0.25, 0.3) is 0 Å². The molecule has 5 heteroatoms. The summed E-state index contributed by atoms with van der Waals surface area (Å²) in [5, 5.41) is 8.33. The number of aromatic carboxylic acids is 1. The Kier molecular flexibility index (Phi) is 1.72. The van der Waals surface area contributed by atoms with Gasteiger partial charge in [-0.15, -0.1) is 0 Å². The van der Waals surface area contributed by atoms with Crippen molar-refractivity contribution in [2.24, 2.45) is 0 Å². The topological polar surface area (TPSA) is 76.2 Å². The van der Waals surface area contributed by atoms with E-state index in [9.17, 15) is 9.18 Å². The number of hydrogen-bond donors (Lipinski definition) is 2. The van der Waals surface area contributed by atoms with Crippen molar-refractivity contribution in [3.05, 3.63) is 23.8 Å². The lowest BCUT2D eigenvalue weighted by molar-refractivity contribution is 0.0685. The second-order valence-electron chi connectivity index (χ2n) is 1.87. The number of nitrogens with zero attached hydrogens (tertiary/aromatic N) is 1. The summed E-state index contributed by atoms with van der Waals surface area (Å²) >= 11 is 0. The van der Waals surface area contributed by atoms with E-state index in [4.69, 9.17) is 10.8 Å². The first kappa shape index (κ1) is 7.46. The van der Waals surface area contributed by atoms with Crippen LogP contribution in [-0.2, 0) is 0 Å². The lowest BCUT2D eigenvalue weighted by atomic mass is 10.3. The lowest BCUT2D eigenvalue weighted by Crippen LogP contribution is -2.06. The van der Waals surface area contributed by atoms with Crippen molar-refractivity contribution in [2.75, 3.05) is 5.73 Å². The molecule has 0 saturated carbocycles. The van der Waals surface area contributed by atoms with Crippen molar-refractivity contribution in [3.8, 4) is 0 Å². The van der Waals surface area contributed by atoms with Crippen LogP contribution in [-0.4, -0.2) is 16.1 Å². The van der Waals surface area contributed by atoms with Gasteiger partial charge < -0.3 is 10.8 Å².